The van der Waals surface area contributed by atoms with Crippen LogP contribution < -0.4 is 4.74 Å². The number of carboxylic acids is 1. The third-order valence-electron chi connectivity index (χ3n) is 3.95. The Balaban J connectivity index is 1.53. The minimum atomic E-state index is -1.01. The van der Waals surface area contributed by atoms with Crippen LogP contribution in [0.15, 0.2) is 78.9 Å². The topological polar surface area (TPSA) is 63.6 Å². The maximum absolute atomic E-state index is 12.1. The zero-order valence-electron chi connectivity index (χ0n) is 15.1. The van der Waals surface area contributed by atoms with E-state index >= 15 is 0 Å². The van der Waals surface area contributed by atoms with Crippen LogP contribution in [-0.4, -0.2) is 23.5 Å². The summed E-state index contributed by atoms with van der Waals surface area (Å²) in [7, 11) is 0. The van der Waals surface area contributed by atoms with Gasteiger partial charge in [-0.05, 0) is 54.1 Å². The largest absolute Gasteiger partial charge is 0.486 e. The zero-order chi connectivity index (χ0) is 19.8. The molecule has 4 heteroatoms. The molecule has 0 saturated heterocycles. The van der Waals surface area contributed by atoms with Gasteiger partial charge >= 0.3 is 5.97 Å². The molecule has 0 saturated carbocycles. The summed E-state index contributed by atoms with van der Waals surface area (Å²) in [6, 6.07) is 23.3. The molecule has 1 N–H and O–H groups in total. The molecule has 0 amide bonds. The summed E-state index contributed by atoms with van der Waals surface area (Å²) in [5, 5.41) is 9.00. The molecule has 0 unspecified atom stereocenters. The zero-order valence-corrected chi connectivity index (χ0v) is 15.1. The molecule has 0 atom stereocenters. The van der Waals surface area contributed by atoms with Gasteiger partial charge in [-0.1, -0.05) is 42.2 Å². The van der Waals surface area contributed by atoms with Gasteiger partial charge in [-0.15, -0.1) is 0 Å². The first-order valence-corrected chi connectivity index (χ1v) is 8.74. The number of rotatable bonds is 6. The van der Waals surface area contributed by atoms with Crippen LogP contribution in [0.4, 0.5) is 0 Å². The summed E-state index contributed by atoms with van der Waals surface area (Å²) in [4.78, 5) is 23.1. The number of carboxylic acid groups (broad SMARTS) is 1. The molecule has 0 aromatic heterocycles. The number of hydrogen-bond donors (Lipinski definition) is 1. The van der Waals surface area contributed by atoms with Crippen LogP contribution >= 0.6 is 0 Å². The Bertz CT molecular complexity index is 1030. The number of carbonyl (C=O) groups excluding carboxylic acids is 1. The second-order valence-corrected chi connectivity index (χ2v) is 6.15. The van der Waals surface area contributed by atoms with Gasteiger partial charge in [-0.3, -0.25) is 4.79 Å². The van der Waals surface area contributed by atoms with Crippen LogP contribution in [0.1, 0.15) is 27.0 Å². The minimum absolute atomic E-state index is 0.0770. The molecule has 0 fully saturated rings. The molecule has 28 heavy (non-hydrogen) atoms. The van der Waals surface area contributed by atoms with Crippen molar-refractivity contribution in [3.63, 3.8) is 0 Å². The van der Waals surface area contributed by atoms with Crippen molar-refractivity contribution >= 4 is 11.8 Å². The van der Waals surface area contributed by atoms with Gasteiger partial charge in [0.25, 0.3) is 0 Å². The van der Waals surface area contributed by atoms with Gasteiger partial charge in [-0.25, -0.2) is 4.79 Å². The van der Waals surface area contributed by atoms with Crippen molar-refractivity contribution in [3.8, 4) is 17.6 Å². The Morgan fingerprint density at radius 3 is 2.18 bits per heavy atom. The molecule has 0 aliphatic rings. The van der Waals surface area contributed by atoms with Crippen LogP contribution in [0.25, 0.3) is 0 Å². The normalized spacial score (nSPS) is 9.86. The highest BCUT2D eigenvalue weighted by atomic mass is 16.5. The molecular formula is C24H18O4. The summed E-state index contributed by atoms with van der Waals surface area (Å²) < 4.78 is 5.52. The SMILES string of the molecule is O=C(COc1ccc(C#Cc2ccccc2)cc1)Cc1cccc(C(=O)O)c1. The number of ether oxygens (including phenoxy) is 1. The monoisotopic (exact) mass is 370 g/mol. The van der Waals surface area contributed by atoms with E-state index in [0.29, 0.717) is 11.3 Å². The van der Waals surface area contributed by atoms with Crippen molar-refractivity contribution in [1.29, 1.82) is 0 Å². The summed E-state index contributed by atoms with van der Waals surface area (Å²) in [6.07, 6.45) is 0.127. The molecular weight excluding hydrogens is 352 g/mol. The standard InChI is InChI=1S/C24H18O4/c25-22(16-20-7-4-8-21(15-20)24(26)27)17-28-23-13-11-19(12-14-23)10-9-18-5-2-1-3-6-18/h1-8,11-15H,16-17H2,(H,26,27). The first-order valence-electron chi connectivity index (χ1n) is 8.74. The minimum Gasteiger partial charge on any atom is -0.486 e. The summed E-state index contributed by atoms with van der Waals surface area (Å²) in [5.74, 6) is 5.60. The van der Waals surface area contributed by atoms with Crippen molar-refractivity contribution in [2.75, 3.05) is 6.61 Å². The molecule has 3 aromatic rings. The van der Waals surface area contributed by atoms with E-state index in [-0.39, 0.29) is 24.4 Å². The van der Waals surface area contributed by atoms with Crippen LogP contribution in [0.5, 0.6) is 5.75 Å². The number of aromatic carboxylic acids is 1. The van der Waals surface area contributed by atoms with Crippen LogP contribution in [0, 0.1) is 11.8 Å². The summed E-state index contributed by atoms with van der Waals surface area (Å²) >= 11 is 0. The van der Waals surface area contributed by atoms with Gasteiger partial charge in [0, 0.05) is 17.5 Å². The van der Waals surface area contributed by atoms with E-state index in [1.165, 1.54) is 12.1 Å². The third kappa shape index (κ3) is 5.58. The van der Waals surface area contributed by atoms with Crippen LogP contribution in [0.3, 0.4) is 0 Å². The molecule has 0 aliphatic carbocycles. The second-order valence-electron chi connectivity index (χ2n) is 6.15. The number of carbonyl (C=O) groups is 2. The Morgan fingerprint density at radius 2 is 1.50 bits per heavy atom. The van der Waals surface area contributed by atoms with Gasteiger partial charge in [0.15, 0.2) is 5.78 Å². The lowest BCUT2D eigenvalue weighted by Gasteiger charge is -2.06. The molecule has 3 aromatic carbocycles. The maximum atomic E-state index is 12.1. The molecule has 0 heterocycles. The predicted molar refractivity (Wildman–Crippen MR) is 106 cm³/mol. The van der Waals surface area contributed by atoms with Gasteiger partial charge < -0.3 is 9.84 Å². The number of hydrogen-bond acceptors (Lipinski definition) is 3. The Labute approximate surface area is 163 Å². The third-order valence-corrected chi connectivity index (χ3v) is 3.95. The molecule has 138 valence electrons. The van der Waals surface area contributed by atoms with E-state index in [4.69, 9.17) is 9.84 Å². The van der Waals surface area contributed by atoms with Gasteiger partial charge in [0.1, 0.15) is 12.4 Å². The lowest BCUT2D eigenvalue weighted by Crippen LogP contribution is -2.14. The number of benzene rings is 3. The number of ketones is 1. The fourth-order valence-electron chi connectivity index (χ4n) is 2.56. The Kier molecular flexibility index (Phi) is 6.22. The first-order chi connectivity index (χ1) is 13.6. The van der Waals surface area contributed by atoms with Crippen LogP contribution in [0.2, 0.25) is 0 Å². The predicted octanol–water partition coefficient (Wildman–Crippen LogP) is 3.98. The maximum Gasteiger partial charge on any atom is 0.335 e. The van der Waals surface area contributed by atoms with E-state index in [1.807, 2.05) is 42.5 Å². The molecule has 0 radical (unpaired) electrons. The lowest BCUT2D eigenvalue weighted by molar-refractivity contribution is -0.120. The molecule has 3 rings (SSSR count). The van der Waals surface area contributed by atoms with Crippen molar-refractivity contribution in [2.24, 2.45) is 0 Å². The van der Waals surface area contributed by atoms with Crippen LogP contribution in [-0.2, 0) is 11.2 Å². The van der Waals surface area contributed by atoms with E-state index in [0.717, 1.165) is 11.1 Å². The Hall–Kier alpha value is -3.84. The summed E-state index contributed by atoms with van der Waals surface area (Å²) in [5.41, 5.74) is 2.62. The fourth-order valence-corrected chi connectivity index (χ4v) is 2.56. The first kappa shape index (κ1) is 18.9. The average Bonchev–Trinajstić information content (AvgIpc) is 2.72. The quantitative estimate of drug-likeness (QED) is 0.667. The molecule has 4 nitrogen and oxygen atoms in total. The second kappa shape index (κ2) is 9.20. The van der Waals surface area contributed by atoms with Crippen molar-refractivity contribution in [3.05, 3.63) is 101 Å². The molecule has 0 bridgehead atoms. The lowest BCUT2D eigenvalue weighted by atomic mass is 10.1. The van der Waals surface area contributed by atoms with Gasteiger partial charge in [0.2, 0.25) is 0 Å². The summed E-state index contributed by atoms with van der Waals surface area (Å²) in [6.45, 7) is -0.0770. The average molecular weight is 370 g/mol. The highest BCUT2D eigenvalue weighted by Gasteiger charge is 2.08. The van der Waals surface area contributed by atoms with Crippen molar-refractivity contribution in [2.45, 2.75) is 6.42 Å². The number of Topliss-reactive ketones (excluding diaryl/α,β-unsaturated/α-hetero) is 1. The van der Waals surface area contributed by atoms with Crippen molar-refractivity contribution < 1.29 is 19.4 Å². The van der Waals surface area contributed by atoms with E-state index < -0.39 is 5.97 Å². The molecule has 0 spiro atoms. The highest BCUT2D eigenvalue weighted by molar-refractivity contribution is 5.88. The fraction of sp³-hybridized carbons (Fsp3) is 0.0833. The van der Waals surface area contributed by atoms with E-state index in [1.54, 1.807) is 24.3 Å². The highest BCUT2D eigenvalue weighted by Crippen LogP contribution is 2.13. The van der Waals surface area contributed by atoms with E-state index in [9.17, 15) is 9.59 Å². The Morgan fingerprint density at radius 1 is 0.821 bits per heavy atom. The van der Waals surface area contributed by atoms with Gasteiger partial charge in [-0.2, -0.15) is 0 Å². The molecule has 0 aliphatic heterocycles. The van der Waals surface area contributed by atoms with Gasteiger partial charge in [0.05, 0.1) is 5.56 Å². The van der Waals surface area contributed by atoms with E-state index in [2.05, 4.69) is 11.8 Å². The van der Waals surface area contributed by atoms with Crippen molar-refractivity contribution in [1.82, 2.24) is 0 Å². The smallest absolute Gasteiger partial charge is 0.335 e.